The first kappa shape index (κ1) is 26.6. The van der Waals surface area contributed by atoms with Gasteiger partial charge in [0, 0.05) is 83.3 Å². The fraction of sp³-hybridized carbons (Fsp3) is 0. The molecule has 4 aromatic carbocycles. The van der Waals surface area contributed by atoms with Crippen LogP contribution in [0.5, 0.6) is 0 Å². The standard InChI is InChI=1S/C32H22N12.Co/c33-13-1-5-17-21(9-13)29-37-25(17)41-30-22-10-14(34)2-6-18(22)27(38-30)43-32-24-12-16(36)4-8-20(24)28(40-32)44-31-23-11-15(35)3-7-19(23)26(39-31)42-29;/h1-12H,33-36H2,(H2,37,38,39,40,41,42,43,44);. The summed E-state index contributed by atoms with van der Waals surface area (Å²) in [6.45, 7) is 0. The number of hydrogen-bond acceptors (Lipinski definition) is 10. The van der Waals surface area contributed by atoms with E-state index in [1.807, 2.05) is 72.8 Å². The number of anilines is 4. The van der Waals surface area contributed by atoms with E-state index in [1.165, 1.54) is 0 Å². The molecule has 0 aliphatic carbocycles. The summed E-state index contributed by atoms with van der Waals surface area (Å²) in [6, 6.07) is 22.3. The molecule has 5 heterocycles. The molecule has 0 saturated carbocycles. The Morgan fingerprint density at radius 1 is 0.356 bits per heavy atom. The third-order valence-corrected chi connectivity index (χ3v) is 7.93. The first-order valence-corrected chi connectivity index (χ1v) is 13.8. The van der Waals surface area contributed by atoms with Gasteiger partial charge in [0.1, 0.15) is 22.6 Å². The fourth-order valence-corrected chi connectivity index (χ4v) is 5.86. The van der Waals surface area contributed by atoms with Crippen LogP contribution in [0.1, 0.15) is 0 Å². The Morgan fingerprint density at radius 2 is 0.711 bits per heavy atom. The molecule has 1 radical (unpaired) electrons. The third-order valence-electron chi connectivity index (χ3n) is 7.93. The molecule has 12 nitrogen and oxygen atoms in total. The molecule has 10 N–H and O–H groups in total. The quantitative estimate of drug-likeness (QED) is 0.120. The Kier molecular flexibility index (Phi) is 5.59. The maximum Gasteiger partial charge on any atom is 0.164 e. The molecule has 0 unspecified atom stereocenters. The summed E-state index contributed by atoms with van der Waals surface area (Å²) in [5.41, 5.74) is 32.5. The summed E-state index contributed by atoms with van der Waals surface area (Å²) in [6.07, 6.45) is 0. The minimum atomic E-state index is 0. The predicted octanol–water partition coefficient (Wildman–Crippen LogP) is 5.20. The number of aromatic amines is 2. The molecule has 13 heteroatoms. The van der Waals surface area contributed by atoms with E-state index in [-0.39, 0.29) is 16.8 Å². The molecule has 0 saturated heterocycles. The molecule has 2 aliphatic rings. The third kappa shape index (κ3) is 4.06. The number of nitrogens with two attached hydrogens (primary N) is 4. The zero-order chi connectivity index (χ0) is 29.7. The van der Waals surface area contributed by atoms with Crippen molar-refractivity contribution in [2.24, 2.45) is 0 Å². The molecule has 8 bridgehead atoms. The van der Waals surface area contributed by atoms with Crippen molar-refractivity contribution in [3.8, 4) is 45.6 Å². The van der Waals surface area contributed by atoms with Crippen LogP contribution in [0.4, 0.5) is 22.7 Å². The summed E-state index contributed by atoms with van der Waals surface area (Å²) in [4.78, 5) is 36.4. The van der Waals surface area contributed by atoms with Gasteiger partial charge in [0.15, 0.2) is 23.3 Å². The van der Waals surface area contributed by atoms with Crippen molar-refractivity contribution in [3.05, 3.63) is 72.8 Å². The number of nitrogens with one attached hydrogen (secondary N) is 2. The van der Waals surface area contributed by atoms with Crippen LogP contribution in [0.25, 0.3) is 89.7 Å². The van der Waals surface area contributed by atoms with Gasteiger partial charge in [-0.25, -0.2) is 29.9 Å². The first-order valence-electron chi connectivity index (χ1n) is 13.8. The molecule has 0 atom stereocenters. The topological polar surface area (TPSA) is 213 Å². The van der Waals surface area contributed by atoms with Crippen LogP contribution >= 0.6 is 0 Å². The summed E-state index contributed by atoms with van der Waals surface area (Å²) >= 11 is 0. The molecular formula is C32H22CoN12. The van der Waals surface area contributed by atoms with Crippen molar-refractivity contribution in [1.82, 2.24) is 39.9 Å². The van der Waals surface area contributed by atoms with Crippen LogP contribution < -0.4 is 22.9 Å². The maximum absolute atomic E-state index is 6.22. The minimum absolute atomic E-state index is 0. The molecule has 7 aromatic rings. The van der Waals surface area contributed by atoms with E-state index in [4.69, 9.17) is 52.8 Å². The van der Waals surface area contributed by atoms with Gasteiger partial charge >= 0.3 is 0 Å². The molecule has 0 fully saturated rings. The second kappa shape index (κ2) is 9.47. The van der Waals surface area contributed by atoms with E-state index < -0.39 is 0 Å². The molecular weight excluding hydrogens is 611 g/mol. The molecule has 3 aromatic heterocycles. The zero-order valence-electron chi connectivity index (χ0n) is 23.3. The molecule has 45 heavy (non-hydrogen) atoms. The van der Waals surface area contributed by atoms with Gasteiger partial charge in [0.05, 0.1) is 0 Å². The van der Waals surface area contributed by atoms with Gasteiger partial charge in [-0.3, -0.25) is 0 Å². The second-order valence-corrected chi connectivity index (χ2v) is 10.8. The van der Waals surface area contributed by atoms with Gasteiger partial charge in [-0.15, -0.1) is 0 Å². The average molecular weight is 634 g/mol. The number of benzene rings is 4. The van der Waals surface area contributed by atoms with E-state index in [0.29, 0.717) is 68.6 Å². The van der Waals surface area contributed by atoms with Crippen LogP contribution in [-0.4, -0.2) is 39.9 Å². The number of aromatic nitrogens is 8. The van der Waals surface area contributed by atoms with E-state index in [1.54, 1.807) is 0 Å². The predicted molar refractivity (Wildman–Crippen MR) is 174 cm³/mol. The Morgan fingerprint density at radius 3 is 1.24 bits per heavy atom. The summed E-state index contributed by atoms with van der Waals surface area (Å²) in [5, 5.41) is 3.26. The van der Waals surface area contributed by atoms with Gasteiger partial charge in [-0.1, -0.05) is 0 Å². The monoisotopic (exact) mass is 633 g/mol. The van der Waals surface area contributed by atoms with Crippen LogP contribution in [0.2, 0.25) is 0 Å². The average Bonchev–Trinajstić information content (AvgIpc) is 3.71. The van der Waals surface area contributed by atoms with Gasteiger partial charge in [0.25, 0.3) is 0 Å². The number of hydrogen-bond donors (Lipinski definition) is 6. The van der Waals surface area contributed by atoms with Crippen LogP contribution in [0.15, 0.2) is 72.8 Å². The SMILES string of the molecule is Nc1ccc2c(c1)-c1nc3nc(nc4[nH]c(nc5[nH]c(nc-2n1)c1cc(N)ccc51)c1cc(N)ccc41)-c1cc(N)ccc1-3.[Co]. The van der Waals surface area contributed by atoms with Gasteiger partial charge in [0.2, 0.25) is 0 Å². The first-order chi connectivity index (χ1) is 21.4. The van der Waals surface area contributed by atoms with E-state index in [2.05, 4.69) is 9.97 Å². The molecule has 0 amide bonds. The Labute approximate surface area is 264 Å². The van der Waals surface area contributed by atoms with E-state index >= 15 is 0 Å². The normalized spacial score (nSPS) is 11.7. The van der Waals surface area contributed by atoms with Crippen molar-refractivity contribution < 1.29 is 16.8 Å². The fourth-order valence-electron chi connectivity index (χ4n) is 5.86. The van der Waals surface area contributed by atoms with Crippen molar-refractivity contribution in [1.29, 1.82) is 0 Å². The van der Waals surface area contributed by atoms with Crippen molar-refractivity contribution in [2.45, 2.75) is 0 Å². The summed E-state index contributed by atoms with van der Waals surface area (Å²) in [7, 11) is 0. The molecule has 219 valence electrons. The van der Waals surface area contributed by atoms with Gasteiger partial charge in [-0.05, 0) is 72.8 Å². The number of fused-ring (bicyclic) bond motifs is 20. The summed E-state index contributed by atoms with van der Waals surface area (Å²) < 4.78 is 0. The largest absolute Gasteiger partial charge is 0.399 e. The minimum Gasteiger partial charge on any atom is -0.399 e. The van der Waals surface area contributed by atoms with Crippen molar-refractivity contribution in [2.75, 3.05) is 22.9 Å². The maximum atomic E-state index is 6.22. The molecule has 0 spiro atoms. The number of nitrogens with zero attached hydrogens (tertiary/aromatic N) is 6. The van der Waals surface area contributed by atoms with Crippen molar-refractivity contribution >= 4 is 66.9 Å². The van der Waals surface area contributed by atoms with Gasteiger partial charge < -0.3 is 32.9 Å². The van der Waals surface area contributed by atoms with E-state index in [9.17, 15) is 0 Å². The Bertz CT molecular complexity index is 2570. The van der Waals surface area contributed by atoms with Crippen molar-refractivity contribution in [3.63, 3.8) is 0 Å². The van der Waals surface area contributed by atoms with Crippen LogP contribution in [-0.2, 0) is 16.8 Å². The van der Waals surface area contributed by atoms with Crippen LogP contribution in [0, 0.1) is 0 Å². The number of H-pyrrole nitrogens is 2. The smallest absolute Gasteiger partial charge is 0.164 e. The second-order valence-electron chi connectivity index (χ2n) is 10.8. The molecule has 2 aliphatic heterocycles. The van der Waals surface area contributed by atoms with Crippen LogP contribution in [0.3, 0.4) is 0 Å². The van der Waals surface area contributed by atoms with E-state index in [0.717, 1.165) is 43.8 Å². The number of rotatable bonds is 0. The Hall–Kier alpha value is -6.05. The summed E-state index contributed by atoms with van der Waals surface area (Å²) in [5.74, 6) is 1.80. The number of nitrogen functional groups attached to an aromatic ring is 4. The zero-order valence-corrected chi connectivity index (χ0v) is 24.3. The molecule has 9 rings (SSSR count). The van der Waals surface area contributed by atoms with Gasteiger partial charge in [-0.2, -0.15) is 0 Å². The Balaban J connectivity index is 0.00000300.